The standard InChI is InChI=1S/C13H7BrClN3/c14-10-5-8(1-2-11(10)15)13-9-3-4-16-6-12(9)17-7-18-13/h1-7H. The van der Waals surface area contributed by atoms with Gasteiger partial charge in [-0.1, -0.05) is 17.7 Å². The molecule has 0 aliphatic rings. The van der Waals surface area contributed by atoms with Crippen molar-refractivity contribution in [2.45, 2.75) is 0 Å². The average Bonchev–Trinajstić information content (AvgIpc) is 2.41. The van der Waals surface area contributed by atoms with Crippen LogP contribution in [0.2, 0.25) is 5.02 Å². The van der Waals surface area contributed by atoms with Gasteiger partial charge in [0, 0.05) is 21.6 Å². The minimum Gasteiger partial charge on any atom is -0.262 e. The highest BCUT2D eigenvalue weighted by Gasteiger charge is 2.07. The van der Waals surface area contributed by atoms with E-state index in [1.54, 1.807) is 18.7 Å². The van der Waals surface area contributed by atoms with Gasteiger partial charge in [-0.05, 0) is 34.1 Å². The van der Waals surface area contributed by atoms with Gasteiger partial charge in [-0.15, -0.1) is 0 Å². The van der Waals surface area contributed by atoms with Crippen molar-refractivity contribution in [1.29, 1.82) is 0 Å². The Morgan fingerprint density at radius 1 is 1.11 bits per heavy atom. The van der Waals surface area contributed by atoms with E-state index >= 15 is 0 Å². The van der Waals surface area contributed by atoms with Crippen LogP contribution in [-0.4, -0.2) is 15.0 Å². The lowest BCUT2D eigenvalue weighted by molar-refractivity contribution is 1.20. The molecule has 0 fully saturated rings. The van der Waals surface area contributed by atoms with Crippen LogP contribution < -0.4 is 0 Å². The summed E-state index contributed by atoms with van der Waals surface area (Å²) >= 11 is 9.42. The zero-order chi connectivity index (χ0) is 12.5. The van der Waals surface area contributed by atoms with Gasteiger partial charge in [0.1, 0.15) is 6.33 Å². The molecule has 2 aromatic heterocycles. The first-order valence-corrected chi connectivity index (χ1v) is 6.43. The third kappa shape index (κ3) is 1.98. The first-order valence-electron chi connectivity index (χ1n) is 5.26. The Hall–Kier alpha value is -1.52. The summed E-state index contributed by atoms with van der Waals surface area (Å²) in [7, 11) is 0. The van der Waals surface area contributed by atoms with E-state index in [1.165, 1.54) is 0 Å². The van der Waals surface area contributed by atoms with Crippen molar-refractivity contribution in [3.8, 4) is 11.3 Å². The lowest BCUT2D eigenvalue weighted by Gasteiger charge is -2.05. The zero-order valence-corrected chi connectivity index (χ0v) is 11.5. The van der Waals surface area contributed by atoms with Crippen LogP contribution in [0.15, 0.2) is 47.5 Å². The third-order valence-electron chi connectivity index (χ3n) is 2.63. The molecule has 0 spiro atoms. The largest absolute Gasteiger partial charge is 0.262 e. The van der Waals surface area contributed by atoms with Crippen LogP contribution >= 0.6 is 27.5 Å². The summed E-state index contributed by atoms with van der Waals surface area (Å²) in [6.45, 7) is 0. The normalized spacial score (nSPS) is 10.8. The van der Waals surface area contributed by atoms with Crippen molar-refractivity contribution in [2.24, 2.45) is 0 Å². The maximum Gasteiger partial charge on any atom is 0.116 e. The highest BCUT2D eigenvalue weighted by molar-refractivity contribution is 9.10. The molecule has 0 aliphatic heterocycles. The predicted octanol–water partition coefficient (Wildman–Crippen LogP) is 4.11. The molecule has 5 heteroatoms. The topological polar surface area (TPSA) is 38.7 Å². The van der Waals surface area contributed by atoms with Crippen molar-refractivity contribution >= 4 is 38.4 Å². The molecule has 3 nitrogen and oxygen atoms in total. The highest BCUT2D eigenvalue weighted by atomic mass is 79.9. The maximum atomic E-state index is 6.00. The summed E-state index contributed by atoms with van der Waals surface area (Å²) in [5.74, 6) is 0. The molecule has 0 saturated carbocycles. The Kier molecular flexibility index (Phi) is 2.97. The second-order valence-electron chi connectivity index (χ2n) is 3.74. The molecule has 0 radical (unpaired) electrons. The number of aromatic nitrogens is 3. The predicted molar refractivity (Wildman–Crippen MR) is 75.5 cm³/mol. The number of hydrogen-bond acceptors (Lipinski definition) is 3. The van der Waals surface area contributed by atoms with Crippen LogP contribution in [0.5, 0.6) is 0 Å². The van der Waals surface area contributed by atoms with E-state index < -0.39 is 0 Å². The van der Waals surface area contributed by atoms with Crippen LogP contribution in [-0.2, 0) is 0 Å². The summed E-state index contributed by atoms with van der Waals surface area (Å²) < 4.78 is 0.850. The molecule has 88 valence electrons. The molecule has 1 aromatic carbocycles. The van der Waals surface area contributed by atoms with Gasteiger partial charge in [0.15, 0.2) is 0 Å². The minimum absolute atomic E-state index is 0.679. The van der Waals surface area contributed by atoms with E-state index in [1.807, 2.05) is 24.3 Å². The lowest BCUT2D eigenvalue weighted by Crippen LogP contribution is -1.89. The van der Waals surface area contributed by atoms with Gasteiger partial charge in [0.2, 0.25) is 0 Å². The number of hydrogen-bond donors (Lipinski definition) is 0. The fourth-order valence-electron chi connectivity index (χ4n) is 1.78. The highest BCUT2D eigenvalue weighted by Crippen LogP contribution is 2.30. The third-order valence-corrected chi connectivity index (χ3v) is 3.85. The van der Waals surface area contributed by atoms with Gasteiger partial charge in [-0.3, -0.25) is 4.98 Å². The van der Waals surface area contributed by atoms with E-state index in [9.17, 15) is 0 Å². The molecule has 0 atom stereocenters. The number of halogens is 2. The van der Waals surface area contributed by atoms with Gasteiger partial charge in [-0.25, -0.2) is 9.97 Å². The summed E-state index contributed by atoms with van der Waals surface area (Å²) in [5, 5.41) is 1.65. The number of fused-ring (bicyclic) bond motifs is 1. The number of pyridine rings is 1. The first-order chi connectivity index (χ1) is 8.75. The summed E-state index contributed by atoms with van der Waals surface area (Å²) in [4.78, 5) is 12.6. The van der Waals surface area contributed by atoms with Crippen molar-refractivity contribution in [1.82, 2.24) is 15.0 Å². The molecule has 2 heterocycles. The van der Waals surface area contributed by atoms with E-state index in [-0.39, 0.29) is 0 Å². The van der Waals surface area contributed by atoms with Gasteiger partial charge in [-0.2, -0.15) is 0 Å². The molecule has 0 unspecified atom stereocenters. The molecule has 0 aliphatic carbocycles. The van der Waals surface area contributed by atoms with Crippen LogP contribution in [0.1, 0.15) is 0 Å². The molecule has 3 aromatic rings. The molecule has 3 rings (SSSR count). The molecular formula is C13H7BrClN3. The molecule has 18 heavy (non-hydrogen) atoms. The lowest BCUT2D eigenvalue weighted by atomic mass is 10.1. The van der Waals surface area contributed by atoms with Gasteiger partial charge in [0.05, 0.1) is 22.4 Å². The van der Waals surface area contributed by atoms with Gasteiger partial charge >= 0.3 is 0 Å². The average molecular weight is 321 g/mol. The van der Waals surface area contributed by atoms with E-state index in [4.69, 9.17) is 11.6 Å². The monoisotopic (exact) mass is 319 g/mol. The van der Waals surface area contributed by atoms with E-state index in [0.717, 1.165) is 26.6 Å². The van der Waals surface area contributed by atoms with Gasteiger partial charge < -0.3 is 0 Å². The molecule has 0 bridgehead atoms. The summed E-state index contributed by atoms with van der Waals surface area (Å²) in [5.41, 5.74) is 2.69. The van der Waals surface area contributed by atoms with Crippen LogP contribution in [0.3, 0.4) is 0 Å². The Morgan fingerprint density at radius 3 is 2.83 bits per heavy atom. The van der Waals surface area contributed by atoms with Crippen LogP contribution in [0, 0.1) is 0 Å². The smallest absolute Gasteiger partial charge is 0.116 e. The Balaban J connectivity index is 2.28. The minimum atomic E-state index is 0.679. The van der Waals surface area contributed by atoms with E-state index in [0.29, 0.717) is 5.02 Å². The summed E-state index contributed by atoms with van der Waals surface area (Å²) in [6.07, 6.45) is 5.01. The fraction of sp³-hybridized carbons (Fsp3) is 0. The van der Waals surface area contributed by atoms with Crippen LogP contribution in [0.25, 0.3) is 22.2 Å². The SMILES string of the molecule is Clc1ccc(-c2ncnc3cnccc23)cc1Br. The van der Waals surface area contributed by atoms with E-state index in [2.05, 4.69) is 30.9 Å². The number of rotatable bonds is 1. The van der Waals surface area contributed by atoms with Crippen molar-refractivity contribution < 1.29 is 0 Å². The number of benzene rings is 1. The second-order valence-corrected chi connectivity index (χ2v) is 5.01. The maximum absolute atomic E-state index is 6.00. The van der Waals surface area contributed by atoms with Gasteiger partial charge in [0.25, 0.3) is 0 Å². The van der Waals surface area contributed by atoms with Crippen molar-refractivity contribution in [2.75, 3.05) is 0 Å². The van der Waals surface area contributed by atoms with Crippen LogP contribution in [0.4, 0.5) is 0 Å². The zero-order valence-electron chi connectivity index (χ0n) is 9.14. The Labute approximate surface area is 117 Å². The number of nitrogens with zero attached hydrogens (tertiary/aromatic N) is 3. The molecule has 0 saturated heterocycles. The Bertz CT molecular complexity index is 725. The molecule has 0 amide bonds. The second kappa shape index (κ2) is 4.63. The Morgan fingerprint density at radius 2 is 2.00 bits per heavy atom. The van der Waals surface area contributed by atoms with Crippen molar-refractivity contribution in [3.05, 3.63) is 52.5 Å². The fourth-order valence-corrected chi connectivity index (χ4v) is 2.28. The molecular weight excluding hydrogens is 314 g/mol. The van der Waals surface area contributed by atoms with Crippen molar-refractivity contribution in [3.63, 3.8) is 0 Å². The molecule has 0 N–H and O–H groups in total. The quantitative estimate of drug-likeness (QED) is 0.677. The first kappa shape index (κ1) is 11.6. The summed E-state index contributed by atoms with van der Waals surface area (Å²) in [6, 6.07) is 7.64.